The van der Waals surface area contributed by atoms with Gasteiger partial charge in [0, 0.05) is 13.1 Å². The van der Waals surface area contributed by atoms with Crippen LogP contribution in [0.3, 0.4) is 0 Å². The number of likely N-dealkylation sites (N-methyl/N-ethyl adjacent to an activating group) is 1. The zero-order valence-corrected chi connectivity index (χ0v) is 7.07. The van der Waals surface area contributed by atoms with Crippen LogP contribution in [0.5, 0.6) is 0 Å². The smallest absolute Gasteiger partial charge is 0.342 e. The molecule has 0 rings (SSSR count). The Morgan fingerprint density at radius 2 is 1.92 bits per heavy atom. The van der Waals surface area contributed by atoms with Crippen molar-refractivity contribution in [1.82, 2.24) is 9.75 Å². The van der Waals surface area contributed by atoms with Gasteiger partial charge in [-0.05, 0) is 13.8 Å². The Bertz CT molecular complexity index is 256. The van der Waals surface area contributed by atoms with E-state index in [1.165, 1.54) is 4.90 Å². The maximum Gasteiger partial charge on any atom is 0.659 e. The Morgan fingerprint density at radius 1 is 1.42 bits per heavy atom. The summed E-state index contributed by atoms with van der Waals surface area (Å²) in [5, 5.41) is 0. The van der Waals surface area contributed by atoms with Crippen LogP contribution in [0.1, 0.15) is 13.8 Å². The molecule has 0 aromatic rings. The van der Waals surface area contributed by atoms with Crippen LogP contribution in [-0.2, 0) is 4.79 Å². The van der Waals surface area contributed by atoms with Gasteiger partial charge in [-0.25, -0.2) is 0 Å². The number of nitrogens with zero attached hydrogens (tertiary/aromatic N) is 3. The molecule has 0 N–H and O–H groups in total. The van der Waals surface area contributed by atoms with E-state index in [0.717, 1.165) is 0 Å². The molecule has 0 saturated carbocycles. The van der Waals surface area contributed by atoms with Gasteiger partial charge in [0.15, 0.2) is 0 Å². The van der Waals surface area contributed by atoms with Crippen molar-refractivity contribution >= 4 is 11.7 Å². The molecule has 0 fully saturated rings. The fraction of sp³-hybridized carbons (Fsp3) is 0.571. The van der Waals surface area contributed by atoms with Gasteiger partial charge >= 0.3 is 11.7 Å². The zero-order valence-electron chi connectivity index (χ0n) is 7.07. The van der Waals surface area contributed by atoms with Gasteiger partial charge in [0.1, 0.15) is 11.5 Å². The highest BCUT2D eigenvalue weighted by Gasteiger charge is 2.29. The maximum absolute atomic E-state index is 11.1. The van der Waals surface area contributed by atoms with Gasteiger partial charge in [-0.1, -0.05) is 0 Å². The average molecular weight is 168 g/mol. The number of carbonyl (C=O) groups is 1. The molecule has 0 aromatic carbocycles. The Labute approximate surface area is 70.5 Å². The summed E-state index contributed by atoms with van der Waals surface area (Å²) < 4.78 is 0. The number of carbonyl (C=O) groups excluding carboxylic acids is 1. The van der Waals surface area contributed by atoms with Crippen LogP contribution >= 0.6 is 0 Å². The third kappa shape index (κ3) is 2.19. The molecule has 0 radical (unpaired) electrons. The highest BCUT2D eigenvalue weighted by atomic mass is 16.2. The Morgan fingerprint density at radius 3 is 2.17 bits per heavy atom. The monoisotopic (exact) mass is 168 g/mol. The normalized spacial score (nSPS) is 8.08. The van der Waals surface area contributed by atoms with Crippen LogP contribution in [0.4, 0.5) is 0 Å². The summed E-state index contributed by atoms with van der Waals surface area (Å²) in [5.74, 6) is -1.19. The molecular formula is C7H10N3O2+. The van der Waals surface area contributed by atoms with Gasteiger partial charge in [-0.2, -0.15) is 0 Å². The van der Waals surface area contributed by atoms with E-state index < -0.39 is 11.7 Å². The van der Waals surface area contributed by atoms with E-state index in [0.29, 0.717) is 13.1 Å². The van der Waals surface area contributed by atoms with Crippen LogP contribution in [0.15, 0.2) is 0 Å². The Hall–Kier alpha value is -1.66. The van der Waals surface area contributed by atoms with Gasteiger partial charge in [0.05, 0.1) is 0 Å². The first-order valence-corrected chi connectivity index (χ1v) is 3.58. The van der Waals surface area contributed by atoms with Crippen molar-refractivity contribution in [3.63, 3.8) is 0 Å². The molecule has 0 spiro atoms. The molecule has 0 aliphatic heterocycles. The van der Waals surface area contributed by atoms with Crippen LogP contribution < -0.4 is 4.85 Å². The van der Waals surface area contributed by atoms with E-state index in [2.05, 4.69) is 9.70 Å². The average Bonchev–Trinajstić information content (AvgIpc) is 2.09. The van der Waals surface area contributed by atoms with Crippen molar-refractivity contribution in [3.05, 3.63) is 16.3 Å². The second kappa shape index (κ2) is 5.05. The number of nitroso groups, excluding NO2 is 1. The molecule has 0 aromatic heterocycles. The molecule has 64 valence electrons. The van der Waals surface area contributed by atoms with E-state index in [-0.39, 0.29) is 0 Å². The lowest BCUT2D eigenvalue weighted by Crippen LogP contribution is -2.35. The summed E-state index contributed by atoms with van der Waals surface area (Å²) in [4.78, 5) is 27.5. The van der Waals surface area contributed by atoms with Crippen LogP contribution in [0, 0.1) is 11.5 Å². The SMILES string of the molecule is [C-]#[N+]C(=[N+]=O)C(=O)N(CC)CC. The predicted octanol–water partition coefficient (Wildman–Crippen LogP) is 0.00619. The van der Waals surface area contributed by atoms with Crippen molar-refractivity contribution in [2.24, 2.45) is 0 Å². The predicted molar refractivity (Wildman–Crippen MR) is 45.0 cm³/mol. The quantitative estimate of drug-likeness (QED) is 0.252. The second-order valence-electron chi connectivity index (χ2n) is 2.00. The van der Waals surface area contributed by atoms with Crippen LogP contribution in [0.2, 0.25) is 0 Å². The highest BCUT2D eigenvalue weighted by Crippen LogP contribution is 1.90. The molecular weight excluding hydrogens is 158 g/mol. The zero-order chi connectivity index (χ0) is 9.56. The van der Waals surface area contributed by atoms with Crippen molar-refractivity contribution in [1.29, 1.82) is 0 Å². The molecule has 0 aliphatic carbocycles. The number of amides is 1. The Kier molecular flexibility index (Phi) is 4.35. The van der Waals surface area contributed by atoms with E-state index in [1.807, 2.05) is 0 Å². The minimum absolute atomic E-state index is 0.476. The molecule has 0 unspecified atom stereocenters. The first-order valence-electron chi connectivity index (χ1n) is 3.58. The summed E-state index contributed by atoms with van der Waals surface area (Å²) >= 11 is 0. The molecule has 1 amide bonds. The second-order valence-corrected chi connectivity index (χ2v) is 2.00. The lowest BCUT2D eigenvalue weighted by molar-refractivity contribution is -0.123. The van der Waals surface area contributed by atoms with Gasteiger partial charge in [-0.3, -0.25) is 4.79 Å². The summed E-state index contributed by atoms with van der Waals surface area (Å²) in [6, 6.07) is 0. The maximum atomic E-state index is 11.1. The van der Waals surface area contributed by atoms with E-state index in [4.69, 9.17) is 6.57 Å². The number of hydrogen-bond acceptors (Lipinski definition) is 2. The van der Waals surface area contributed by atoms with Crippen molar-refractivity contribution in [2.75, 3.05) is 13.1 Å². The van der Waals surface area contributed by atoms with Crippen LogP contribution in [-0.4, -0.2) is 29.7 Å². The summed E-state index contributed by atoms with van der Waals surface area (Å²) in [5.41, 5.74) is 0. The topological polar surface area (TPSA) is 55.8 Å². The molecule has 0 aliphatic rings. The van der Waals surface area contributed by atoms with Gasteiger partial charge in [0.2, 0.25) is 4.85 Å². The largest absolute Gasteiger partial charge is 0.659 e. The lowest BCUT2D eigenvalue weighted by atomic mass is 10.4. The fourth-order valence-corrected chi connectivity index (χ4v) is 0.760. The summed E-state index contributed by atoms with van der Waals surface area (Å²) in [6.07, 6.45) is 0. The fourth-order valence-electron chi connectivity index (χ4n) is 0.760. The van der Waals surface area contributed by atoms with Crippen molar-refractivity contribution < 1.29 is 4.79 Å². The molecule has 0 heterocycles. The first kappa shape index (κ1) is 10.3. The molecule has 0 atom stereocenters. The third-order valence-corrected chi connectivity index (χ3v) is 1.43. The van der Waals surface area contributed by atoms with Crippen molar-refractivity contribution in [3.8, 4) is 0 Å². The van der Waals surface area contributed by atoms with E-state index in [9.17, 15) is 9.70 Å². The van der Waals surface area contributed by atoms with Crippen LogP contribution in [0.25, 0.3) is 4.85 Å². The summed E-state index contributed by atoms with van der Waals surface area (Å²) in [7, 11) is 0. The third-order valence-electron chi connectivity index (χ3n) is 1.43. The minimum atomic E-state index is -0.598. The molecule has 0 saturated heterocycles. The Balaban J connectivity index is 4.59. The molecule has 0 bridgehead atoms. The number of amidine groups is 1. The first-order chi connectivity index (χ1) is 5.71. The van der Waals surface area contributed by atoms with E-state index >= 15 is 0 Å². The lowest BCUT2D eigenvalue weighted by Gasteiger charge is -2.13. The van der Waals surface area contributed by atoms with E-state index in [1.54, 1.807) is 13.8 Å². The minimum Gasteiger partial charge on any atom is -0.342 e. The number of rotatable bonds is 2. The highest BCUT2D eigenvalue weighted by molar-refractivity contribution is 6.41. The number of hydrogen-bond donors (Lipinski definition) is 0. The van der Waals surface area contributed by atoms with Gasteiger partial charge < -0.3 is 4.90 Å². The standard InChI is InChI=1S/C7H10N3O2/c1-4-10(5-2)7(11)6(8-3)9-12/h4-5H2,1-2H3/q+1. The van der Waals surface area contributed by atoms with Gasteiger partial charge in [-0.15, -0.1) is 4.85 Å². The molecule has 12 heavy (non-hydrogen) atoms. The molecule has 5 nitrogen and oxygen atoms in total. The van der Waals surface area contributed by atoms with Crippen molar-refractivity contribution in [2.45, 2.75) is 13.8 Å². The molecule has 5 heteroatoms. The van der Waals surface area contributed by atoms with Gasteiger partial charge in [0.25, 0.3) is 0 Å². The summed E-state index contributed by atoms with van der Waals surface area (Å²) in [6.45, 7) is 11.0.